The summed E-state index contributed by atoms with van der Waals surface area (Å²) in [7, 11) is 0. The number of Topliss-reactive ketones (excluding diaryl/α,β-unsaturated/α-hetero) is 1. The highest BCUT2D eigenvalue weighted by atomic mass is 16.7. The Hall–Kier alpha value is -1.68. The van der Waals surface area contributed by atoms with Gasteiger partial charge >= 0.3 is 0 Å². The molecule has 8 heteroatoms. The van der Waals surface area contributed by atoms with Gasteiger partial charge in [-0.25, -0.2) is 0 Å². The molecule has 0 spiro atoms. The predicted molar refractivity (Wildman–Crippen MR) is 75.3 cm³/mol. The second-order valence-corrected chi connectivity index (χ2v) is 5.48. The quantitative estimate of drug-likeness (QED) is 0.403. The molecule has 0 bridgehead atoms. The smallest absolute Gasteiger partial charge is 0.263 e. The fraction of sp³-hybridized carbons (Fsp3) is 0.467. The summed E-state index contributed by atoms with van der Waals surface area (Å²) < 4.78 is 5.02. The number of ether oxygens (including phenoxy) is 1. The van der Waals surface area contributed by atoms with E-state index in [2.05, 4.69) is 0 Å². The summed E-state index contributed by atoms with van der Waals surface area (Å²) in [6.07, 6.45) is -4.69. The Labute approximate surface area is 131 Å². The van der Waals surface area contributed by atoms with E-state index < -0.39 is 42.1 Å². The maximum Gasteiger partial charge on any atom is 0.263 e. The first-order chi connectivity index (χ1) is 10.7. The van der Waals surface area contributed by atoms with Gasteiger partial charge in [-0.2, -0.15) is 0 Å². The Morgan fingerprint density at radius 2 is 1.83 bits per heavy atom. The number of rotatable bonds is 4. The Morgan fingerprint density at radius 1 is 1.26 bits per heavy atom. The average Bonchev–Trinajstić information content (AvgIpc) is 2.56. The fourth-order valence-corrected chi connectivity index (χ4v) is 2.71. The number of benzene rings is 1. The van der Waals surface area contributed by atoms with Crippen LogP contribution in [0.5, 0.6) is 0 Å². The summed E-state index contributed by atoms with van der Waals surface area (Å²) in [6.45, 7) is 0.150. The van der Waals surface area contributed by atoms with Crippen molar-refractivity contribution in [2.24, 2.45) is 0 Å². The molecule has 5 atom stereocenters. The van der Waals surface area contributed by atoms with Crippen molar-refractivity contribution in [2.75, 3.05) is 6.61 Å². The molecule has 0 amide bonds. The van der Waals surface area contributed by atoms with Crippen LogP contribution >= 0.6 is 0 Å². The second kappa shape index (κ2) is 6.08. The average molecular weight is 326 g/mol. The number of carbonyl (C=O) groups excluding carboxylic acids is 2. The van der Waals surface area contributed by atoms with E-state index in [1.807, 2.05) is 0 Å². The van der Waals surface area contributed by atoms with E-state index in [1.54, 1.807) is 0 Å². The Bertz CT molecular complexity index is 600. The van der Waals surface area contributed by atoms with Gasteiger partial charge in [0.25, 0.3) is 5.79 Å². The summed E-state index contributed by atoms with van der Waals surface area (Å²) in [5.41, 5.74) is -2.56. The highest BCUT2D eigenvalue weighted by Crippen LogP contribution is 2.44. The summed E-state index contributed by atoms with van der Waals surface area (Å²) in [5.74, 6) is -3.91. The Kier molecular flexibility index (Phi) is 4.67. The van der Waals surface area contributed by atoms with Crippen LogP contribution in [-0.4, -0.2) is 68.3 Å². The van der Waals surface area contributed by atoms with Gasteiger partial charge in [0.05, 0.1) is 6.61 Å². The van der Waals surface area contributed by atoms with Gasteiger partial charge in [-0.15, -0.1) is 0 Å². The molecule has 23 heavy (non-hydrogen) atoms. The van der Waals surface area contributed by atoms with Crippen LogP contribution in [0, 0.1) is 0 Å². The van der Waals surface area contributed by atoms with Crippen LogP contribution in [0.15, 0.2) is 24.3 Å². The molecule has 8 nitrogen and oxygen atoms in total. The number of hydrogen-bond acceptors (Lipinski definition) is 8. The first-order valence-corrected chi connectivity index (χ1v) is 6.88. The van der Waals surface area contributed by atoms with Crippen LogP contribution in [0.25, 0.3) is 0 Å². The number of aldehydes is 1. The summed E-state index contributed by atoms with van der Waals surface area (Å²) in [5, 5.41) is 50.9. The van der Waals surface area contributed by atoms with Crippen LogP contribution < -0.4 is 0 Å². The van der Waals surface area contributed by atoms with E-state index in [1.165, 1.54) is 24.3 Å². The van der Waals surface area contributed by atoms with Gasteiger partial charge in [-0.1, -0.05) is 24.3 Å². The van der Waals surface area contributed by atoms with Crippen molar-refractivity contribution in [3.05, 3.63) is 35.4 Å². The third kappa shape index (κ3) is 2.49. The van der Waals surface area contributed by atoms with Gasteiger partial charge in [-0.3, -0.25) is 9.59 Å². The van der Waals surface area contributed by atoms with Crippen molar-refractivity contribution in [1.82, 2.24) is 0 Å². The Morgan fingerprint density at radius 3 is 2.26 bits per heavy atom. The van der Waals surface area contributed by atoms with Crippen LogP contribution in [0.4, 0.5) is 0 Å². The molecule has 1 aromatic rings. The molecule has 0 saturated carbocycles. The molecule has 2 rings (SSSR count). The molecule has 1 aromatic carbocycles. The minimum absolute atomic E-state index is 0.135. The highest BCUT2D eigenvalue weighted by Gasteiger charge is 2.66. The van der Waals surface area contributed by atoms with Crippen LogP contribution in [-0.2, 0) is 15.1 Å². The Balaban J connectivity index is 2.61. The number of ketones is 1. The van der Waals surface area contributed by atoms with Gasteiger partial charge in [0.1, 0.15) is 24.6 Å². The highest BCUT2D eigenvalue weighted by molar-refractivity contribution is 5.85. The summed E-state index contributed by atoms with van der Waals surface area (Å²) in [4.78, 5) is 22.6. The zero-order valence-electron chi connectivity index (χ0n) is 12.3. The van der Waals surface area contributed by atoms with Gasteiger partial charge in [-0.05, 0) is 5.56 Å². The lowest BCUT2D eigenvalue weighted by Crippen LogP contribution is -2.73. The predicted octanol–water partition coefficient (Wildman–Crippen LogP) is -1.92. The molecule has 1 aliphatic heterocycles. The van der Waals surface area contributed by atoms with E-state index in [0.29, 0.717) is 6.29 Å². The summed E-state index contributed by atoms with van der Waals surface area (Å²) >= 11 is 0. The lowest BCUT2D eigenvalue weighted by atomic mass is 9.73. The van der Waals surface area contributed by atoms with Crippen molar-refractivity contribution in [1.29, 1.82) is 0 Å². The van der Waals surface area contributed by atoms with Crippen LogP contribution in [0.3, 0.4) is 0 Å². The number of hydrogen-bond donors (Lipinski definition) is 5. The van der Waals surface area contributed by atoms with E-state index in [4.69, 9.17) is 9.84 Å². The molecular weight excluding hydrogens is 308 g/mol. The van der Waals surface area contributed by atoms with Crippen molar-refractivity contribution in [3.8, 4) is 0 Å². The van der Waals surface area contributed by atoms with Crippen LogP contribution in [0.1, 0.15) is 22.8 Å². The lowest BCUT2D eigenvalue weighted by Gasteiger charge is -2.51. The molecule has 0 aromatic heterocycles. The van der Waals surface area contributed by atoms with Gasteiger partial charge in [0.2, 0.25) is 0 Å². The number of aliphatic hydroxyl groups excluding tert-OH is 3. The van der Waals surface area contributed by atoms with Gasteiger partial charge < -0.3 is 30.3 Å². The maximum absolute atomic E-state index is 11.9. The molecule has 126 valence electrons. The lowest BCUT2D eigenvalue weighted by molar-refractivity contribution is -0.375. The second-order valence-electron chi connectivity index (χ2n) is 5.48. The zero-order valence-corrected chi connectivity index (χ0v) is 12.3. The van der Waals surface area contributed by atoms with Crippen LogP contribution in [0.2, 0.25) is 0 Å². The molecule has 1 unspecified atom stereocenters. The molecular formula is C15H18O8. The van der Waals surface area contributed by atoms with Crippen molar-refractivity contribution in [3.63, 3.8) is 0 Å². The molecule has 0 radical (unpaired) electrons. The van der Waals surface area contributed by atoms with E-state index in [9.17, 15) is 30.0 Å². The topological polar surface area (TPSA) is 145 Å². The van der Waals surface area contributed by atoms with E-state index in [0.717, 1.165) is 6.92 Å². The molecule has 1 aliphatic rings. The summed E-state index contributed by atoms with van der Waals surface area (Å²) in [6, 6.07) is 5.04. The van der Waals surface area contributed by atoms with Crippen molar-refractivity contribution in [2.45, 2.75) is 36.6 Å². The molecule has 5 N–H and O–H groups in total. The zero-order chi connectivity index (χ0) is 17.4. The molecule has 1 fully saturated rings. The molecule has 0 aliphatic carbocycles. The third-order valence-corrected chi connectivity index (χ3v) is 4.12. The van der Waals surface area contributed by atoms with Crippen molar-refractivity contribution < 1.29 is 39.9 Å². The molecule has 1 heterocycles. The van der Waals surface area contributed by atoms with E-state index >= 15 is 0 Å². The van der Waals surface area contributed by atoms with Gasteiger partial charge in [0, 0.05) is 12.5 Å². The van der Waals surface area contributed by atoms with E-state index in [-0.39, 0.29) is 11.1 Å². The normalized spacial score (nSPS) is 37.4. The fourth-order valence-electron chi connectivity index (χ4n) is 2.71. The van der Waals surface area contributed by atoms with Gasteiger partial charge in [0.15, 0.2) is 11.4 Å². The third-order valence-electron chi connectivity index (χ3n) is 4.12. The maximum atomic E-state index is 11.9. The first kappa shape index (κ1) is 17.7. The SMILES string of the molecule is CC(=O)C1(O)O[C@H](CO)[C@@H](O)[C@H](O)[C@]1(O)c1ccc(C=O)cc1. The van der Waals surface area contributed by atoms with Crippen molar-refractivity contribution >= 4 is 12.1 Å². The monoisotopic (exact) mass is 326 g/mol. The number of carbonyl (C=O) groups is 2. The minimum atomic E-state index is -2.89. The first-order valence-electron chi connectivity index (χ1n) is 6.88. The minimum Gasteiger partial charge on any atom is -0.394 e. The largest absolute Gasteiger partial charge is 0.394 e. The standard InChI is InChI=1S/C15H18O8/c1-8(18)15(22)14(21,10-4-2-9(6-16)3-5-10)13(20)12(19)11(7-17)23-15/h2-6,11-13,17,19-22H,7H2,1H3/t11-,12-,13+,14-,15?/m1/s1. The number of aliphatic hydroxyl groups is 5. The molecule has 1 saturated heterocycles.